The Balaban J connectivity index is 3.97. The minimum atomic E-state index is -1.62. The average Bonchev–Trinajstić information content (AvgIpc) is 3.36. The van der Waals surface area contributed by atoms with E-state index in [1.807, 2.05) is 21.1 Å². The van der Waals surface area contributed by atoms with Crippen LogP contribution in [-0.4, -0.2) is 82.3 Å². The third-order valence-electron chi connectivity index (χ3n) is 12.7. The molecule has 2 atom stereocenters. The number of likely N-dealkylation sites (N-methyl/N-ethyl adjacent to an activating group) is 1. The summed E-state index contributed by atoms with van der Waals surface area (Å²) >= 11 is 0. The van der Waals surface area contributed by atoms with Gasteiger partial charge in [0.2, 0.25) is 0 Å². The number of carbonyl (C=O) groups is 3. The molecule has 0 aliphatic rings. The highest BCUT2D eigenvalue weighted by Crippen LogP contribution is 2.16. The zero-order valence-electron chi connectivity index (χ0n) is 47.7. The highest BCUT2D eigenvalue weighted by Gasteiger charge is 2.22. The number of rotatable bonds is 54. The Bertz CT molecular complexity index is 1470. The number of aliphatic carboxylic acids is 1. The van der Waals surface area contributed by atoms with Crippen LogP contribution in [0.2, 0.25) is 0 Å². The normalized spacial score (nSPS) is 13.4. The molecular formula is C64H111NO8. The van der Waals surface area contributed by atoms with Gasteiger partial charge < -0.3 is 33.3 Å². The minimum Gasteiger partial charge on any atom is -0.545 e. The maximum Gasteiger partial charge on any atom is 0.306 e. The predicted molar refractivity (Wildman–Crippen MR) is 306 cm³/mol. The molecule has 420 valence electrons. The topological polar surface area (TPSA) is 111 Å². The van der Waals surface area contributed by atoms with Crippen molar-refractivity contribution in [3.8, 4) is 0 Å². The van der Waals surface area contributed by atoms with Gasteiger partial charge in [0, 0.05) is 12.8 Å². The van der Waals surface area contributed by atoms with Crippen molar-refractivity contribution >= 4 is 17.9 Å². The number of allylic oxidation sites excluding steroid dienone is 14. The first-order valence-corrected chi connectivity index (χ1v) is 29.7. The highest BCUT2D eigenvalue weighted by molar-refractivity contribution is 5.70. The number of carboxylic acid groups (broad SMARTS) is 1. The van der Waals surface area contributed by atoms with Crippen molar-refractivity contribution in [1.29, 1.82) is 0 Å². The van der Waals surface area contributed by atoms with Gasteiger partial charge in [-0.3, -0.25) is 9.59 Å². The van der Waals surface area contributed by atoms with Crippen LogP contribution in [0.5, 0.6) is 0 Å². The second-order valence-corrected chi connectivity index (χ2v) is 20.9. The van der Waals surface area contributed by atoms with Crippen LogP contribution in [0, 0.1) is 0 Å². The molecule has 0 aromatic carbocycles. The summed E-state index contributed by atoms with van der Waals surface area (Å²) in [6.45, 7) is 4.61. The minimum absolute atomic E-state index is 0.147. The summed E-state index contributed by atoms with van der Waals surface area (Å²) in [7, 11) is 5.91. The standard InChI is InChI=1S/C64H111NO8/c1-6-8-10-12-14-16-17-18-19-20-21-22-23-24-25-26-27-28-29-30-31-32-33-34-35-36-37-38-39-40-41-42-43-44-45-47-49-51-53-55-62(67)73-60(59-72-64(63(68)69)70-57-56-65(3,4)5)58-71-61(66)54-52-50-48-46-15-13-11-9-7-2/h8,10,14,16,18-19,21-22,24-25,27-28,30-31,60,64H,6-7,9,11-13,15,17,20,23,26,29,32-59H2,1-5H3/b10-8-,16-14-,19-18-,22-21-,25-24-,28-27-,31-30-. The van der Waals surface area contributed by atoms with Gasteiger partial charge in [-0.25, -0.2) is 0 Å². The Morgan fingerprint density at radius 3 is 1.16 bits per heavy atom. The third kappa shape index (κ3) is 56.0. The fourth-order valence-corrected chi connectivity index (χ4v) is 8.11. The molecule has 2 unspecified atom stereocenters. The quantitative estimate of drug-likeness (QED) is 0.0195. The van der Waals surface area contributed by atoms with Crippen LogP contribution in [0.15, 0.2) is 85.1 Å². The number of unbranched alkanes of at least 4 members (excludes halogenated alkanes) is 25. The number of nitrogens with zero attached hydrogens (tertiary/aromatic N) is 1. The van der Waals surface area contributed by atoms with E-state index < -0.39 is 24.3 Å². The van der Waals surface area contributed by atoms with Gasteiger partial charge in [-0.05, 0) is 70.6 Å². The van der Waals surface area contributed by atoms with Crippen molar-refractivity contribution < 1.29 is 42.9 Å². The zero-order valence-corrected chi connectivity index (χ0v) is 47.7. The second kappa shape index (κ2) is 54.7. The number of esters is 2. The number of hydrogen-bond donors (Lipinski definition) is 0. The van der Waals surface area contributed by atoms with E-state index in [2.05, 4.69) is 98.9 Å². The average molecular weight is 1020 g/mol. The van der Waals surface area contributed by atoms with E-state index in [0.717, 1.165) is 77.0 Å². The Hall–Kier alpha value is -3.53. The Morgan fingerprint density at radius 1 is 0.425 bits per heavy atom. The van der Waals surface area contributed by atoms with Gasteiger partial charge in [-0.1, -0.05) is 247 Å². The molecule has 0 aliphatic heterocycles. The van der Waals surface area contributed by atoms with E-state index in [1.165, 1.54) is 135 Å². The Labute approximate surface area is 449 Å². The lowest BCUT2D eigenvalue weighted by molar-refractivity contribution is -0.870. The largest absolute Gasteiger partial charge is 0.545 e. The summed E-state index contributed by atoms with van der Waals surface area (Å²) in [5.74, 6) is -2.28. The first-order chi connectivity index (χ1) is 35.6. The third-order valence-corrected chi connectivity index (χ3v) is 12.7. The maximum absolute atomic E-state index is 12.8. The molecule has 0 heterocycles. The van der Waals surface area contributed by atoms with Gasteiger partial charge in [-0.2, -0.15) is 0 Å². The smallest absolute Gasteiger partial charge is 0.306 e. The molecule has 0 saturated heterocycles. The van der Waals surface area contributed by atoms with Crippen molar-refractivity contribution in [3.63, 3.8) is 0 Å². The molecule has 0 N–H and O–H groups in total. The Morgan fingerprint density at radius 2 is 0.781 bits per heavy atom. The molecule has 0 bridgehead atoms. The van der Waals surface area contributed by atoms with E-state index >= 15 is 0 Å². The summed E-state index contributed by atoms with van der Waals surface area (Å²) in [5.41, 5.74) is 0. The van der Waals surface area contributed by atoms with E-state index in [4.69, 9.17) is 18.9 Å². The lowest BCUT2D eigenvalue weighted by Gasteiger charge is -2.26. The van der Waals surface area contributed by atoms with Crippen LogP contribution in [0.4, 0.5) is 0 Å². The van der Waals surface area contributed by atoms with Crippen LogP contribution in [-0.2, 0) is 33.3 Å². The summed E-state index contributed by atoms with van der Waals surface area (Å²) < 4.78 is 22.6. The van der Waals surface area contributed by atoms with E-state index in [-0.39, 0.29) is 32.2 Å². The molecule has 0 saturated carbocycles. The van der Waals surface area contributed by atoms with Crippen LogP contribution in [0.1, 0.15) is 245 Å². The highest BCUT2D eigenvalue weighted by atomic mass is 16.7. The zero-order chi connectivity index (χ0) is 53.4. The monoisotopic (exact) mass is 1020 g/mol. The molecule has 0 amide bonds. The van der Waals surface area contributed by atoms with Crippen molar-refractivity contribution in [2.24, 2.45) is 0 Å². The number of ether oxygens (including phenoxy) is 4. The van der Waals surface area contributed by atoms with Gasteiger partial charge in [0.15, 0.2) is 12.4 Å². The molecule has 9 heteroatoms. The van der Waals surface area contributed by atoms with Gasteiger partial charge in [0.25, 0.3) is 0 Å². The molecule has 73 heavy (non-hydrogen) atoms. The predicted octanol–water partition coefficient (Wildman–Crippen LogP) is 16.2. The molecule has 0 aliphatic carbocycles. The molecule has 0 radical (unpaired) electrons. The van der Waals surface area contributed by atoms with Gasteiger partial charge >= 0.3 is 11.9 Å². The van der Waals surface area contributed by atoms with Crippen molar-refractivity contribution in [2.75, 3.05) is 47.5 Å². The lowest BCUT2D eigenvalue weighted by Crippen LogP contribution is -2.44. The van der Waals surface area contributed by atoms with Crippen LogP contribution < -0.4 is 5.11 Å². The number of hydrogen-bond acceptors (Lipinski definition) is 8. The first-order valence-electron chi connectivity index (χ1n) is 29.7. The summed E-state index contributed by atoms with van der Waals surface area (Å²) in [6, 6.07) is 0. The number of carboxylic acids is 1. The summed E-state index contributed by atoms with van der Waals surface area (Å²) in [5, 5.41) is 11.7. The SMILES string of the molecule is CC/C=C\C/C=C\C/C=C\C/C=C\C/C=C\C/C=C\C/C=C\CCCCCCCCCCCCCCCCCCCC(=O)OC(COC(=O)CCCCCCCCCCC)COC(OCC[N+](C)(C)C)C(=O)[O-]. The van der Waals surface area contributed by atoms with Crippen molar-refractivity contribution in [1.82, 2.24) is 0 Å². The lowest BCUT2D eigenvalue weighted by atomic mass is 10.0. The molecular weight excluding hydrogens is 911 g/mol. The molecule has 9 nitrogen and oxygen atoms in total. The number of quaternary nitrogens is 1. The van der Waals surface area contributed by atoms with Crippen LogP contribution >= 0.6 is 0 Å². The molecule has 0 aromatic rings. The van der Waals surface area contributed by atoms with Gasteiger partial charge in [0.05, 0.1) is 40.3 Å². The van der Waals surface area contributed by atoms with Gasteiger partial charge in [-0.15, -0.1) is 0 Å². The maximum atomic E-state index is 12.8. The van der Waals surface area contributed by atoms with E-state index in [9.17, 15) is 19.5 Å². The van der Waals surface area contributed by atoms with Gasteiger partial charge in [0.1, 0.15) is 13.2 Å². The van der Waals surface area contributed by atoms with E-state index in [0.29, 0.717) is 23.9 Å². The Kier molecular flexibility index (Phi) is 52.1. The fourth-order valence-electron chi connectivity index (χ4n) is 8.11. The fraction of sp³-hybridized carbons (Fsp3) is 0.734. The van der Waals surface area contributed by atoms with E-state index in [1.54, 1.807) is 0 Å². The molecule has 0 aromatic heterocycles. The first kappa shape index (κ1) is 69.5. The van der Waals surface area contributed by atoms with Crippen molar-refractivity contribution in [2.45, 2.75) is 257 Å². The molecule has 0 spiro atoms. The molecule has 0 fully saturated rings. The van der Waals surface area contributed by atoms with Crippen LogP contribution in [0.25, 0.3) is 0 Å². The number of carbonyl (C=O) groups excluding carboxylic acids is 3. The summed E-state index contributed by atoms with van der Waals surface area (Å²) in [4.78, 5) is 37.1. The second-order valence-electron chi connectivity index (χ2n) is 20.9. The summed E-state index contributed by atoms with van der Waals surface area (Å²) in [6.07, 6.45) is 69.5. The van der Waals surface area contributed by atoms with Crippen molar-refractivity contribution in [3.05, 3.63) is 85.1 Å². The molecule has 0 rings (SSSR count). The van der Waals surface area contributed by atoms with Crippen LogP contribution in [0.3, 0.4) is 0 Å².